The maximum atomic E-state index is 11.6. The van der Waals surface area contributed by atoms with Gasteiger partial charge >= 0.3 is 0 Å². The van der Waals surface area contributed by atoms with E-state index in [4.69, 9.17) is 5.73 Å². The first-order valence-electron chi connectivity index (χ1n) is 5.56. The summed E-state index contributed by atoms with van der Waals surface area (Å²) in [5.74, 6) is 0.208. The molecule has 2 nitrogen and oxygen atoms in total. The van der Waals surface area contributed by atoms with Crippen LogP contribution in [0.5, 0.6) is 0 Å². The summed E-state index contributed by atoms with van der Waals surface area (Å²) in [4.78, 5) is 11.6. The highest BCUT2D eigenvalue weighted by Crippen LogP contribution is 2.15. The van der Waals surface area contributed by atoms with Gasteiger partial charge in [-0.25, -0.2) is 0 Å². The lowest BCUT2D eigenvalue weighted by atomic mass is 9.99. The van der Waals surface area contributed by atoms with Gasteiger partial charge in [0.05, 0.1) is 0 Å². The van der Waals surface area contributed by atoms with Crippen molar-refractivity contribution >= 4 is 5.78 Å². The van der Waals surface area contributed by atoms with Crippen LogP contribution in [0.2, 0.25) is 0 Å². The van der Waals surface area contributed by atoms with E-state index in [9.17, 15) is 4.79 Å². The first-order valence-corrected chi connectivity index (χ1v) is 5.56. The standard InChI is InChI=1S/C14H19NO/c1-11(2)8-9-13(16)10-14(15)12-6-4-3-5-7-12/h3-7,14H,1,8-10,15H2,2H3. The summed E-state index contributed by atoms with van der Waals surface area (Å²) >= 11 is 0. The van der Waals surface area contributed by atoms with Crippen LogP contribution in [0.4, 0.5) is 0 Å². The first-order chi connectivity index (χ1) is 7.59. The largest absolute Gasteiger partial charge is 0.324 e. The Bertz CT molecular complexity index is 356. The average Bonchev–Trinajstić information content (AvgIpc) is 2.27. The zero-order valence-corrected chi connectivity index (χ0v) is 9.78. The van der Waals surface area contributed by atoms with Gasteiger partial charge in [-0.3, -0.25) is 4.79 Å². The highest BCUT2D eigenvalue weighted by Gasteiger charge is 2.10. The Morgan fingerprint density at radius 3 is 2.50 bits per heavy atom. The van der Waals surface area contributed by atoms with E-state index < -0.39 is 0 Å². The van der Waals surface area contributed by atoms with Gasteiger partial charge in [0.2, 0.25) is 0 Å². The van der Waals surface area contributed by atoms with Crippen LogP contribution in [0.3, 0.4) is 0 Å². The Balaban J connectivity index is 2.43. The molecule has 0 aliphatic carbocycles. The Morgan fingerprint density at radius 2 is 1.94 bits per heavy atom. The predicted molar refractivity (Wildman–Crippen MR) is 67.0 cm³/mol. The summed E-state index contributed by atoms with van der Waals surface area (Å²) in [5, 5.41) is 0. The topological polar surface area (TPSA) is 43.1 Å². The number of allylic oxidation sites excluding steroid dienone is 1. The van der Waals surface area contributed by atoms with Crippen molar-refractivity contribution in [2.24, 2.45) is 5.73 Å². The number of rotatable bonds is 6. The van der Waals surface area contributed by atoms with E-state index in [0.717, 1.165) is 17.6 Å². The lowest BCUT2D eigenvalue weighted by molar-refractivity contribution is -0.119. The minimum atomic E-state index is -0.182. The Morgan fingerprint density at radius 1 is 1.31 bits per heavy atom. The van der Waals surface area contributed by atoms with E-state index in [1.165, 1.54) is 0 Å². The predicted octanol–water partition coefficient (Wildman–Crippen LogP) is 3.00. The molecule has 0 heterocycles. The third-order valence-electron chi connectivity index (χ3n) is 2.51. The molecule has 0 bridgehead atoms. The molecule has 2 heteroatoms. The van der Waals surface area contributed by atoms with Gasteiger partial charge in [-0.05, 0) is 18.9 Å². The minimum Gasteiger partial charge on any atom is -0.324 e. The van der Waals surface area contributed by atoms with Crippen LogP contribution in [-0.2, 0) is 4.79 Å². The number of carbonyl (C=O) groups is 1. The fourth-order valence-corrected chi connectivity index (χ4v) is 1.52. The van der Waals surface area contributed by atoms with Crippen LogP contribution in [0.1, 0.15) is 37.8 Å². The molecule has 0 spiro atoms. The van der Waals surface area contributed by atoms with Crippen molar-refractivity contribution in [1.82, 2.24) is 0 Å². The van der Waals surface area contributed by atoms with E-state index in [0.29, 0.717) is 12.8 Å². The van der Waals surface area contributed by atoms with Gasteiger partial charge in [0.25, 0.3) is 0 Å². The Labute approximate surface area is 97.2 Å². The van der Waals surface area contributed by atoms with Crippen molar-refractivity contribution < 1.29 is 4.79 Å². The number of hydrogen-bond acceptors (Lipinski definition) is 2. The molecule has 0 aliphatic rings. The van der Waals surface area contributed by atoms with E-state index in [1.807, 2.05) is 37.3 Å². The molecule has 2 N–H and O–H groups in total. The number of ketones is 1. The summed E-state index contributed by atoms with van der Waals surface area (Å²) in [6.45, 7) is 5.72. The third-order valence-corrected chi connectivity index (χ3v) is 2.51. The molecule has 16 heavy (non-hydrogen) atoms. The summed E-state index contributed by atoms with van der Waals surface area (Å²) in [7, 11) is 0. The number of hydrogen-bond donors (Lipinski definition) is 1. The quantitative estimate of drug-likeness (QED) is 0.744. The van der Waals surface area contributed by atoms with Gasteiger partial charge < -0.3 is 5.73 Å². The molecule has 86 valence electrons. The van der Waals surface area contributed by atoms with Gasteiger partial charge in [-0.2, -0.15) is 0 Å². The van der Waals surface area contributed by atoms with Gasteiger partial charge in [0, 0.05) is 18.9 Å². The molecule has 1 atom stereocenters. The summed E-state index contributed by atoms with van der Waals surface area (Å²) in [6, 6.07) is 9.55. The van der Waals surface area contributed by atoms with E-state index >= 15 is 0 Å². The molecule has 0 aliphatic heterocycles. The zero-order valence-electron chi connectivity index (χ0n) is 9.78. The zero-order chi connectivity index (χ0) is 12.0. The lowest BCUT2D eigenvalue weighted by Crippen LogP contribution is -2.15. The van der Waals surface area contributed by atoms with Crippen LogP contribution in [0.15, 0.2) is 42.5 Å². The van der Waals surface area contributed by atoms with E-state index in [2.05, 4.69) is 6.58 Å². The minimum absolute atomic E-state index is 0.182. The molecule has 1 aromatic carbocycles. The number of Topliss-reactive ketones (excluding diaryl/α,β-unsaturated/α-hetero) is 1. The fraction of sp³-hybridized carbons (Fsp3) is 0.357. The maximum absolute atomic E-state index is 11.6. The van der Waals surface area contributed by atoms with Crippen molar-refractivity contribution in [2.45, 2.75) is 32.2 Å². The second-order valence-electron chi connectivity index (χ2n) is 4.22. The first kappa shape index (κ1) is 12.7. The van der Waals surface area contributed by atoms with Crippen LogP contribution in [0.25, 0.3) is 0 Å². The second-order valence-corrected chi connectivity index (χ2v) is 4.22. The molecule has 0 aromatic heterocycles. The van der Waals surface area contributed by atoms with E-state index in [1.54, 1.807) is 0 Å². The fourth-order valence-electron chi connectivity index (χ4n) is 1.52. The number of benzene rings is 1. The molecule has 0 fully saturated rings. The van der Waals surface area contributed by atoms with Crippen molar-refractivity contribution in [1.29, 1.82) is 0 Å². The van der Waals surface area contributed by atoms with Crippen molar-refractivity contribution in [3.05, 3.63) is 48.0 Å². The molecular formula is C14H19NO. The molecule has 1 aromatic rings. The molecule has 0 amide bonds. The molecule has 1 unspecified atom stereocenters. The lowest BCUT2D eigenvalue weighted by Gasteiger charge is -2.10. The van der Waals surface area contributed by atoms with Crippen molar-refractivity contribution in [2.75, 3.05) is 0 Å². The summed E-state index contributed by atoms with van der Waals surface area (Å²) in [6.07, 6.45) is 1.73. The van der Waals surface area contributed by atoms with Crippen molar-refractivity contribution in [3.63, 3.8) is 0 Å². The third kappa shape index (κ3) is 4.41. The van der Waals surface area contributed by atoms with Gasteiger partial charge in [-0.1, -0.05) is 35.9 Å². The van der Waals surface area contributed by atoms with Gasteiger partial charge in [-0.15, -0.1) is 6.58 Å². The molecule has 1 rings (SSSR count). The Kier molecular flexibility index (Phi) is 4.93. The molecule has 0 saturated carbocycles. The number of carbonyl (C=O) groups excluding carboxylic acids is 1. The Hall–Kier alpha value is -1.41. The average molecular weight is 217 g/mol. The smallest absolute Gasteiger partial charge is 0.135 e. The molecule has 0 saturated heterocycles. The molecular weight excluding hydrogens is 198 g/mol. The van der Waals surface area contributed by atoms with Gasteiger partial charge in [0.1, 0.15) is 5.78 Å². The normalized spacial score (nSPS) is 12.1. The monoisotopic (exact) mass is 217 g/mol. The van der Waals surface area contributed by atoms with Crippen LogP contribution < -0.4 is 5.73 Å². The molecule has 0 radical (unpaired) electrons. The van der Waals surface area contributed by atoms with Crippen LogP contribution >= 0.6 is 0 Å². The van der Waals surface area contributed by atoms with E-state index in [-0.39, 0.29) is 11.8 Å². The highest BCUT2D eigenvalue weighted by molar-refractivity contribution is 5.79. The maximum Gasteiger partial charge on any atom is 0.135 e. The summed E-state index contributed by atoms with van der Waals surface area (Å²) in [5.41, 5.74) is 8.02. The van der Waals surface area contributed by atoms with Gasteiger partial charge in [0.15, 0.2) is 0 Å². The van der Waals surface area contributed by atoms with Crippen molar-refractivity contribution in [3.8, 4) is 0 Å². The van der Waals surface area contributed by atoms with Crippen LogP contribution in [-0.4, -0.2) is 5.78 Å². The number of nitrogens with two attached hydrogens (primary N) is 1. The second kappa shape index (κ2) is 6.23. The highest BCUT2D eigenvalue weighted by atomic mass is 16.1. The van der Waals surface area contributed by atoms with Crippen LogP contribution in [0, 0.1) is 0 Å². The summed E-state index contributed by atoms with van der Waals surface area (Å²) < 4.78 is 0. The SMILES string of the molecule is C=C(C)CCC(=O)CC(N)c1ccccc1.